The second-order valence-electron chi connectivity index (χ2n) is 5.56. The lowest BCUT2D eigenvalue weighted by Crippen LogP contribution is -2.36. The number of likely N-dealkylation sites (N-methyl/N-ethyl adjacent to an activating group) is 1. The summed E-state index contributed by atoms with van der Waals surface area (Å²) in [6.07, 6.45) is 2.26. The van der Waals surface area contributed by atoms with Crippen molar-refractivity contribution in [2.75, 3.05) is 44.4 Å². The van der Waals surface area contributed by atoms with Gasteiger partial charge in [0.15, 0.2) is 0 Å². The van der Waals surface area contributed by atoms with Gasteiger partial charge in [-0.2, -0.15) is 0 Å². The summed E-state index contributed by atoms with van der Waals surface area (Å²) < 4.78 is 5.45. The molecule has 0 radical (unpaired) electrons. The summed E-state index contributed by atoms with van der Waals surface area (Å²) in [5, 5.41) is 3.35. The first-order chi connectivity index (χ1) is 10.0. The van der Waals surface area contributed by atoms with Gasteiger partial charge in [-0.1, -0.05) is 11.6 Å². The number of nitrogens with two attached hydrogens (primary N) is 1. The molecule has 2 rings (SSSR count). The zero-order valence-corrected chi connectivity index (χ0v) is 13.0. The average molecular weight is 312 g/mol. The number of halogens is 1. The van der Waals surface area contributed by atoms with Crippen LogP contribution in [0.4, 0.5) is 11.4 Å². The van der Waals surface area contributed by atoms with Gasteiger partial charge in [0.25, 0.3) is 0 Å². The number of carbonyl (C=O) groups is 1. The number of ether oxygens (including phenoxy) is 1. The van der Waals surface area contributed by atoms with Gasteiger partial charge < -0.3 is 15.8 Å². The molecule has 3 N–H and O–H groups in total. The van der Waals surface area contributed by atoms with E-state index in [9.17, 15) is 4.79 Å². The van der Waals surface area contributed by atoms with Crippen molar-refractivity contribution in [1.29, 1.82) is 0 Å². The number of rotatable bonds is 5. The Morgan fingerprint density at radius 2 is 2.38 bits per heavy atom. The molecule has 0 aliphatic carbocycles. The monoisotopic (exact) mass is 311 g/mol. The van der Waals surface area contributed by atoms with Gasteiger partial charge in [0, 0.05) is 18.2 Å². The molecule has 1 aliphatic heterocycles. The lowest BCUT2D eigenvalue weighted by molar-refractivity contribution is -0.117. The highest BCUT2D eigenvalue weighted by molar-refractivity contribution is 6.31. The van der Waals surface area contributed by atoms with E-state index in [4.69, 9.17) is 22.1 Å². The topological polar surface area (TPSA) is 67.6 Å². The van der Waals surface area contributed by atoms with Crippen LogP contribution in [-0.4, -0.2) is 44.2 Å². The van der Waals surface area contributed by atoms with E-state index < -0.39 is 0 Å². The SMILES string of the molecule is CN(CC(=O)Nc1cc(Cl)ccc1N)CC1CCCOC1. The number of nitrogens with one attached hydrogen (secondary N) is 1. The summed E-state index contributed by atoms with van der Waals surface area (Å²) >= 11 is 5.90. The molecule has 21 heavy (non-hydrogen) atoms. The Balaban J connectivity index is 1.81. The van der Waals surface area contributed by atoms with Gasteiger partial charge in [-0.05, 0) is 44.0 Å². The maximum atomic E-state index is 12.0. The van der Waals surface area contributed by atoms with E-state index in [1.165, 1.54) is 0 Å². The van der Waals surface area contributed by atoms with Crippen molar-refractivity contribution in [1.82, 2.24) is 4.90 Å². The Labute approximate surface area is 130 Å². The Morgan fingerprint density at radius 1 is 1.57 bits per heavy atom. The zero-order valence-electron chi connectivity index (χ0n) is 12.3. The van der Waals surface area contributed by atoms with Crippen LogP contribution in [0.2, 0.25) is 5.02 Å². The minimum atomic E-state index is -0.0943. The Morgan fingerprint density at radius 3 is 3.10 bits per heavy atom. The van der Waals surface area contributed by atoms with E-state index in [0.29, 0.717) is 28.9 Å². The van der Waals surface area contributed by atoms with Crippen molar-refractivity contribution < 1.29 is 9.53 Å². The van der Waals surface area contributed by atoms with E-state index in [2.05, 4.69) is 5.32 Å². The normalized spacial score (nSPS) is 18.7. The van der Waals surface area contributed by atoms with Crippen LogP contribution in [0.15, 0.2) is 18.2 Å². The van der Waals surface area contributed by atoms with Crippen LogP contribution in [0.1, 0.15) is 12.8 Å². The first-order valence-electron chi connectivity index (χ1n) is 7.16. The Kier molecular flexibility index (Phi) is 5.85. The highest BCUT2D eigenvalue weighted by Gasteiger charge is 2.17. The fourth-order valence-electron chi connectivity index (χ4n) is 2.53. The lowest BCUT2D eigenvalue weighted by atomic mass is 10.0. The molecule has 1 aromatic carbocycles. The highest BCUT2D eigenvalue weighted by Crippen LogP contribution is 2.22. The highest BCUT2D eigenvalue weighted by atomic mass is 35.5. The predicted molar refractivity (Wildman–Crippen MR) is 85.5 cm³/mol. The first kappa shape index (κ1) is 16.1. The smallest absolute Gasteiger partial charge is 0.238 e. The molecule has 116 valence electrons. The standard InChI is InChI=1S/C15H22ClN3O2/c1-19(8-11-3-2-6-21-10-11)9-15(20)18-14-7-12(16)4-5-13(14)17/h4-5,7,11H,2-3,6,8-10,17H2,1H3,(H,18,20). The van der Waals surface area contributed by atoms with Crippen LogP contribution in [0.5, 0.6) is 0 Å². The Hall–Kier alpha value is -1.30. The van der Waals surface area contributed by atoms with Gasteiger partial charge in [-0.3, -0.25) is 9.69 Å². The van der Waals surface area contributed by atoms with Crippen molar-refractivity contribution in [3.63, 3.8) is 0 Å². The van der Waals surface area contributed by atoms with Crippen molar-refractivity contribution in [2.24, 2.45) is 5.92 Å². The largest absolute Gasteiger partial charge is 0.397 e. The number of hydrogen-bond acceptors (Lipinski definition) is 4. The van der Waals surface area contributed by atoms with Crippen molar-refractivity contribution in [3.05, 3.63) is 23.2 Å². The van der Waals surface area contributed by atoms with Gasteiger partial charge >= 0.3 is 0 Å². The van der Waals surface area contributed by atoms with Gasteiger partial charge in [-0.25, -0.2) is 0 Å². The molecule has 5 nitrogen and oxygen atoms in total. The number of amides is 1. The summed E-state index contributed by atoms with van der Waals surface area (Å²) in [7, 11) is 1.94. The molecule has 1 amide bonds. The predicted octanol–water partition coefficient (Wildman–Crippen LogP) is 2.22. The van der Waals surface area contributed by atoms with Crippen molar-refractivity contribution >= 4 is 28.9 Å². The maximum Gasteiger partial charge on any atom is 0.238 e. The van der Waals surface area contributed by atoms with E-state index in [-0.39, 0.29) is 5.91 Å². The number of hydrogen-bond donors (Lipinski definition) is 2. The molecule has 1 saturated heterocycles. The summed E-state index contributed by atoms with van der Waals surface area (Å²) in [6, 6.07) is 5.03. The molecule has 1 unspecified atom stereocenters. The van der Waals surface area contributed by atoms with Crippen LogP contribution in [0.25, 0.3) is 0 Å². The Bertz CT molecular complexity index is 490. The van der Waals surface area contributed by atoms with Crippen LogP contribution in [0, 0.1) is 5.92 Å². The van der Waals surface area contributed by atoms with Crippen LogP contribution >= 0.6 is 11.6 Å². The molecule has 0 aromatic heterocycles. The first-order valence-corrected chi connectivity index (χ1v) is 7.53. The molecule has 1 fully saturated rings. The molecular weight excluding hydrogens is 290 g/mol. The van der Waals surface area contributed by atoms with Crippen molar-refractivity contribution in [3.8, 4) is 0 Å². The van der Waals surface area contributed by atoms with E-state index in [1.54, 1.807) is 18.2 Å². The summed E-state index contributed by atoms with van der Waals surface area (Å²) in [5.41, 5.74) is 6.88. The number of anilines is 2. The van der Waals surface area contributed by atoms with Crippen molar-refractivity contribution in [2.45, 2.75) is 12.8 Å². The number of benzene rings is 1. The molecule has 0 spiro atoms. The third-order valence-electron chi connectivity index (χ3n) is 3.53. The fourth-order valence-corrected chi connectivity index (χ4v) is 2.70. The minimum Gasteiger partial charge on any atom is -0.397 e. The van der Waals surface area contributed by atoms with E-state index in [1.807, 2.05) is 11.9 Å². The van der Waals surface area contributed by atoms with Crippen LogP contribution < -0.4 is 11.1 Å². The van der Waals surface area contributed by atoms with E-state index in [0.717, 1.165) is 32.6 Å². The molecule has 1 aromatic rings. The zero-order chi connectivity index (χ0) is 15.2. The molecule has 1 atom stereocenters. The third-order valence-corrected chi connectivity index (χ3v) is 3.76. The summed E-state index contributed by atoms with van der Waals surface area (Å²) in [4.78, 5) is 14.1. The van der Waals surface area contributed by atoms with E-state index >= 15 is 0 Å². The second kappa shape index (κ2) is 7.64. The molecule has 1 aliphatic rings. The van der Waals surface area contributed by atoms with Crippen LogP contribution in [0.3, 0.4) is 0 Å². The summed E-state index contributed by atoms with van der Waals surface area (Å²) in [5.74, 6) is 0.413. The fraction of sp³-hybridized carbons (Fsp3) is 0.533. The number of nitrogens with zero attached hydrogens (tertiary/aromatic N) is 1. The molecule has 6 heteroatoms. The number of nitrogen functional groups attached to an aromatic ring is 1. The van der Waals surface area contributed by atoms with Gasteiger partial charge in [-0.15, -0.1) is 0 Å². The quantitative estimate of drug-likeness (QED) is 0.818. The number of carbonyl (C=O) groups excluding carboxylic acids is 1. The van der Waals surface area contributed by atoms with Gasteiger partial charge in [0.1, 0.15) is 0 Å². The average Bonchev–Trinajstić information content (AvgIpc) is 2.43. The van der Waals surface area contributed by atoms with Crippen LogP contribution in [-0.2, 0) is 9.53 Å². The molecule has 0 saturated carbocycles. The molecule has 1 heterocycles. The second-order valence-corrected chi connectivity index (χ2v) is 6.00. The van der Waals surface area contributed by atoms with Gasteiger partial charge in [0.2, 0.25) is 5.91 Å². The lowest BCUT2D eigenvalue weighted by Gasteiger charge is -2.26. The maximum absolute atomic E-state index is 12.0. The van der Waals surface area contributed by atoms with Gasteiger partial charge in [0.05, 0.1) is 24.5 Å². The summed E-state index contributed by atoms with van der Waals surface area (Å²) in [6.45, 7) is 2.82. The molecule has 0 bridgehead atoms. The third kappa shape index (κ3) is 5.19. The molecular formula is C15H22ClN3O2. The minimum absolute atomic E-state index is 0.0943.